The van der Waals surface area contributed by atoms with Gasteiger partial charge in [0.25, 0.3) is 0 Å². The van der Waals surface area contributed by atoms with E-state index >= 15 is 0 Å². The molecule has 12 heavy (non-hydrogen) atoms. The molecular weight excluding hydrogens is 247 g/mol. The molecule has 0 fully saturated rings. The summed E-state index contributed by atoms with van der Waals surface area (Å²) in [7, 11) is 0. The van der Waals surface area contributed by atoms with Crippen LogP contribution in [0.3, 0.4) is 0 Å². The first-order chi connectivity index (χ1) is 5.44. The molecule has 0 bridgehead atoms. The molecule has 0 saturated carbocycles. The van der Waals surface area contributed by atoms with Gasteiger partial charge < -0.3 is 5.11 Å². The van der Waals surface area contributed by atoms with Crippen molar-refractivity contribution in [2.24, 2.45) is 0 Å². The van der Waals surface area contributed by atoms with E-state index in [4.69, 9.17) is 5.11 Å². The van der Waals surface area contributed by atoms with Crippen LogP contribution in [0.5, 0.6) is 0 Å². The minimum Gasteiger partial charge on any atom is -0.479 e. The van der Waals surface area contributed by atoms with Crippen molar-refractivity contribution < 1.29 is 14.3 Å². The topological polar surface area (TPSA) is 37.3 Å². The molecule has 1 atom stereocenters. The maximum Gasteiger partial charge on any atom is 0.346 e. The van der Waals surface area contributed by atoms with Crippen molar-refractivity contribution >= 4 is 33.2 Å². The largest absolute Gasteiger partial charge is 0.479 e. The highest BCUT2D eigenvalue weighted by atomic mass is 79.9. The van der Waals surface area contributed by atoms with Crippen LogP contribution < -0.4 is 0 Å². The predicted molar refractivity (Wildman–Crippen MR) is 48.1 cm³/mol. The Balaban J connectivity index is 3.05. The average Bonchev–Trinajstić information content (AvgIpc) is 2.35. The summed E-state index contributed by atoms with van der Waals surface area (Å²) in [4.78, 5) is 10.6. The number of carboxylic acids is 1. The Hall–Kier alpha value is -0.420. The summed E-state index contributed by atoms with van der Waals surface area (Å²) in [6, 6.07) is 3.09. The van der Waals surface area contributed by atoms with Crippen molar-refractivity contribution in [2.45, 2.75) is 12.6 Å². The molecule has 1 heterocycles. The van der Waals surface area contributed by atoms with Crippen LogP contribution in [0.4, 0.5) is 4.39 Å². The second-order valence-electron chi connectivity index (χ2n) is 2.41. The lowest BCUT2D eigenvalue weighted by Gasteiger charge is -2.11. The SMILES string of the molecule is CC(F)(C(=O)O)c1ccc(Br)s1. The smallest absolute Gasteiger partial charge is 0.346 e. The van der Waals surface area contributed by atoms with Crippen LogP contribution in [0.15, 0.2) is 15.9 Å². The van der Waals surface area contributed by atoms with Crippen LogP contribution >= 0.6 is 27.3 Å². The van der Waals surface area contributed by atoms with Gasteiger partial charge in [0.2, 0.25) is 5.67 Å². The summed E-state index contributed by atoms with van der Waals surface area (Å²) < 4.78 is 14.1. The number of hydrogen-bond donors (Lipinski definition) is 1. The lowest BCUT2D eigenvalue weighted by Crippen LogP contribution is -2.25. The highest BCUT2D eigenvalue weighted by molar-refractivity contribution is 9.11. The number of aliphatic carboxylic acids is 1. The van der Waals surface area contributed by atoms with Crippen molar-refractivity contribution in [2.75, 3.05) is 0 Å². The maximum atomic E-state index is 13.3. The van der Waals surface area contributed by atoms with Crippen molar-refractivity contribution in [3.8, 4) is 0 Å². The van der Waals surface area contributed by atoms with Crippen molar-refractivity contribution in [1.29, 1.82) is 0 Å². The molecule has 0 saturated heterocycles. The van der Waals surface area contributed by atoms with Crippen LogP contribution in [0.1, 0.15) is 11.8 Å². The van der Waals surface area contributed by atoms with Gasteiger partial charge in [-0.25, -0.2) is 9.18 Å². The normalized spacial score (nSPS) is 15.6. The molecule has 0 amide bonds. The Morgan fingerprint density at radius 2 is 2.33 bits per heavy atom. The number of carboxylic acid groups (broad SMARTS) is 1. The van der Waals surface area contributed by atoms with E-state index in [0.717, 1.165) is 22.0 Å². The zero-order valence-corrected chi connectivity index (χ0v) is 8.58. The summed E-state index contributed by atoms with van der Waals surface area (Å²) in [6.45, 7) is 1.04. The van der Waals surface area contributed by atoms with E-state index in [1.165, 1.54) is 6.07 Å². The predicted octanol–water partition coefficient (Wildman–Crippen LogP) is 2.78. The molecule has 1 aromatic heterocycles. The Morgan fingerprint density at radius 1 is 1.75 bits per heavy atom. The lowest BCUT2D eigenvalue weighted by molar-refractivity contribution is -0.150. The number of thiophene rings is 1. The molecule has 1 unspecified atom stereocenters. The Morgan fingerprint density at radius 3 is 2.67 bits per heavy atom. The Labute approximate surface area is 81.2 Å². The molecule has 0 aliphatic rings. The van der Waals surface area contributed by atoms with Gasteiger partial charge in [-0.2, -0.15) is 0 Å². The summed E-state index contributed by atoms with van der Waals surface area (Å²) in [5, 5.41) is 8.52. The standard InChI is InChI=1S/C7H6BrFO2S/c1-7(9,6(10)11)4-2-3-5(8)12-4/h2-3H,1H3,(H,10,11). The van der Waals surface area contributed by atoms with Gasteiger partial charge in [-0.3, -0.25) is 0 Å². The van der Waals surface area contributed by atoms with Gasteiger partial charge in [-0.15, -0.1) is 11.3 Å². The molecule has 0 radical (unpaired) electrons. The van der Waals surface area contributed by atoms with Crippen molar-refractivity contribution in [3.63, 3.8) is 0 Å². The first-order valence-electron chi connectivity index (χ1n) is 3.12. The van der Waals surface area contributed by atoms with E-state index in [0.29, 0.717) is 0 Å². The zero-order chi connectivity index (χ0) is 9.35. The molecule has 0 aliphatic carbocycles. The second kappa shape index (κ2) is 3.14. The summed E-state index contributed by atoms with van der Waals surface area (Å²) in [6.07, 6.45) is 0. The summed E-state index contributed by atoms with van der Waals surface area (Å²) in [5.41, 5.74) is -2.28. The second-order valence-corrected chi connectivity index (χ2v) is 4.87. The van der Waals surface area contributed by atoms with Gasteiger partial charge in [-0.05, 0) is 35.0 Å². The fraction of sp³-hybridized carbons (Fsp3) is 0.286. The van der Waals surface area contributed by atoms with E-state index in [1.54, 1.807) is 6.07 Å². The molecule has 1 N–H and O–H groups in total. The number of hydrogen-bond acceptors (Lipinski definition) is 2. The quantitative estimate of drug-likeness (QED) is 0.879. The third-order valence-corrected chi connectivity index (χ3v) is 3.26. The molecule has 2 nitrogen and oxygen atoms in total. The maximum absolute atomic E-state index is 13.3. The molecule has 0 spiro atoms. The average molecular weight is 253 g/mol. The number of rotatable bonds is 2. The number of halogens is 2. The Kier molecular flexibility index (Phi) is 2.53. The summed E-state index contributed by atoms with van der Waals surface area (Å²) in [5.74, 6) is -1.46. The number of alkyl halides is 1. The molecule has 1 aromatic rings. The lowest BCUT2D eigenvalue weighted by atomic mass is 10.1. The molecule has 0 aliphatic heterocycles. The molecule has 0 aromatic carbocycles. The van der Waals surface area contributed by atoms with E-state index < -0.39 is 11.6 Å². The Bertz CT molecular complexity index is 308. The van der Waals surface area contributed by atoms with Gasteiger partial charge in [0.1, 0.15) is 0 Å². The minimum atomic E-state index is -2.28. The van der Waals surface area contributed by atoms with Crippen molar-refractivity contribution in [1.82, 2.24) is 0 Å². The van der Waals surface area contributed by atoms with Crippen molar-refractivity contribution in [3.05, 3.63) is 20.8 Å². The van der Waals surface area contributed by atoms with E-state index in [1.807, 2.05) is 0 Å². The highest BCUT2D eigenvalue weighted by Gasteiger charge is 2.36. The highest BCUT2D eigenvalue weighted by Crippen LogP contribution is 2.34. The first kappa shape index (κ1) is 9.67. The van der Waals surface area contributed by atoms with Gasteiger partial charge >= 0.3 is 5.97 Å². The van der Waals surface area contributed by atoms with Gasteiger partial charge in [0.15, 0.2) is 0 Å². The van der Waals surface area contributed by atoms with Crippen LogP contribution in [0.25, 0.3) is 0 Å². The summed E-state index contributed by atoms with van der Waals surface area (Å²) >= 11 is 4.22. The first-order valence-corrected chi connectivity index (χ1v) is 4.73. The minimum absolute atomic E-state index is 0.196. The van der Waals surface area contributed by atoms with Crippen LogP contribution in [-0.2, 0) is 10.5 Å². The fourth-order valence-corrected chi connectivity index (χ4v) is 2.09. The van der Waals surface area contributed by atoms with Gasteiger partial charge in [0, 0.05) is 0 Å². The fourth-order valence-electron chi connectivity index (χ4n) is 0.672. The molecule has 66 valence electrons. The van der Waals surface area contributed by atoms with E-state index in [-0.39, 0.29) is 4.88 Å². The molecular formula is C7H6BrFO2S. The van der Waals surface area contributed by atoms with E-state index in [2.05, 4.69) is 15.9 Å². The van der Waals surface area contributed by atoms with Crippen LogP contribution in [-0.4, -0.2) is 11.1 Å². The zero-order valence-electron chi connectivity index (χ0n) is 6.17. The molecule has 1 rings (SSSR count). The van der Waals surface area contributed by atoms with Gasteiger partial charge in [-0.1, -0.05) is 0 Å². The van der Waals surface area contributed by atoms with Crippen LogP contribution in [0, 0.1) is 0 Å². The van der Waals surface area contributed by atoms with E-state index in [9.17, 15) is 9.18 Å². The van der Waals surface area contributed by atoms with Gasteiger partial charge in [0.05, 0.1) is 8.66 Å². The monoisotopic (exact) mass is 252 g/mol. The third-order valence-electron chi connectivity index (χ3n) is 1.44. The number of carbonyl (C=O) groups is 1. The molecule has 5 heteroatoms. The third kappa shape index (κ3) is 1.67. The van der Waals surface area contributed by atoms with Crippen LogP contribution in [0.2, 0.25) is 0 Å².